The van der Waals surface area contributed by atoms with Gasteiger partial charge in [-0.1, -0.05) is 26.2 Å². The van der Waals surface area contributed by atoms with Crippen molar-refractivity contribution in [3.8, 4) is 6.07 Å². The third-order valence-corrected chi connectivity index (χ3v) is 4.39. The molecule has 1 rings (SSSR count). The van der Waals surface area contributed by atoms with E-state index in [2.05, 4.69) is 6.92 Å². The van der Waals surface area contributed by atoms with Crippen LogP contribution < -0.4 is 0 Å². The van der Waals surface area contributed by atoms with Crippen molar-refractivity contribution < 1.29 is 14.3 Å². The van der Waals surface area contributed by atoms with E-state index < -0.39 is 18.3 Å². The number of ketones is 1. The molecule has 0 radical (unpaired) electrons. The van der Waals surface area contributed by atoms with Crippen LogP contribution in [0, 0.1) is 34.5 Å². The average Bonchev–Trinajstić information content (AvgIpc) is 2.51. The Hall–Kier alpha value is -1.70. The molecule has 0 spiro atoms. The van der Waals surface area contributed by atoms with Gasteiger partial charge in [-0.2, -0.15) is 5.26 Å². The van der Waals surface area contributed by atoms with Gasteiger partial charge in [-0.15, -0.1) is 0 Å². The van der Waals surface area contributed by atoms with E-state index in [4.69, 9.17) is 15.4 Å². The summed E-state index contributed by atoms with van der Waals surface area (Å²) in [5, 5.41) is 16.2. The topological polar surface area (TPSA) is 91.0 Å². The summed E-state index contributed by atoms with van der Waals surface area (Å²) in [5.74, 6) is -1.35. The zero-order valence-electron chi connectivity index (χ0n) is 13.6. The number of rotatable bonds is 8. The van der Waals surface area contributed by atoms with E-state index in [1.165, 1.54) is 26.2 Å². The lowest BCUT2D eigenvalue weighted by atomic mass is 9.80. The highest BCUT2D eigenvalue weighted by Crippen LogP contribution is 2.32. The smallest absolute Gasteiger partial charge is 0.309 e. The van der Waals surface area contributed by atoms with E-state index in [9.17, 15) is 9.59 Å². The van der Waals surface area contributed by atoms with Crippen LogP contribution in [-0.4, -0.2) is 24.1 Å². The number of nitrogens with zero attached hydrogens (tertiary/aromatic N) is 1. The summed E-state index contributed by atoms with van der Waals surface area (Å²) in [4.78, 5) is 23.7. The van der Waals surface area contributed by atoms with E-state index in [0.29, 0.717) is 5.92 Å². The first-order valence-electron chi connectivity index (χ1n) is 8.13. The minimum Gasteiger partial charge on any atom is -0.457 e. The molecule has 0 amide bonds. The minimum atomic E-state index is -1.10. The Morgan fingerprint density at radius 2 is 1.95 bits per heavy atom. The maximum Gasteiger partial charge on any atom is 0.309 e. The quantitative estimate of drug-likeness (QED) is 0.550. The first kappa shape index (κ1) is 18.3. The molecule has 0 bridgehead atoms. The van der Waals surface area contributed by atoms with Crippen molar-refractivity contribution in [2.24, 2.45) is 17.8 Å². The molecule has 0 heterocycles. The minimum absolute atomic E-state index is 0.0139. The summed E-state index contributed by atoms with van der Waals surface area (Å²) in [5.41, 5.74) is -0.0139. The van der Waals surface area contributed by atoms with Crippen molar-refractivity contribution >= 4 is 17.5 Å². The molecule has 1 saturated carbocycles. The summed E-state index contributed by atoms with van der Waals surface area (Å²) in [6.45, 7) is 3.19. The van der Waals surface area contributed by atoms with Crippen molar-refractivity contribution in [3.05, 3.63) is 0 Å². The lowest BCUT2D eigenvalue weighted by Crippen LogP contribution is -2.29. The zero-order chi connectivity index (χ0) is 16.5. The molecular weight excluding hydrogens is 280 g/mol. The number of unbranched alkanes of at least 4 members (excludes halogenated alkanes) is 1. The summed E-state index contributed by atoms with van der Waals surface area (Å²) >= 11 is 0. The molecule has 0 aromatic rings. The highest BCUT2D eigenvalue weighted by Gasteiger charge is 2.28. The van der Waals surface area contributed by atoms with Gasteiger partial charge in [-0.3, -0.25) is 9.59 Å². The van der Waals surface area contributed by atoms with Crippen LogP contribution in [0.4, 0.5) is 0 Å². The van der Waals surface area contributed by atoms with Crippen LogP contribution in [0.1, 0.15) is 58.8 Å². The second-order valence-electron chi connectivity index (χ2n) is 6.18. The van der Waals surface area contributed by atoms with Crippen molar-refractivity contribution in [3.63, 3.8) is 0 Å². The first-order valence-corrected chi connectivity index (χ1v) is 8.13. The SMILES string of the molecule is CCCCC1CCC(C(=O)OCC(=O)[C@@H](C#N)C(C)=N)CC1. The Morgan fingerprint density at radius 3 is 2.45 bits per heavy atom. The van der Waals surface area contributed by atoms with Gasteiger partial charge in [-0.05, 0) is 38.5 Å². The first-order chi connectivity index (χ1) is 10.5. The van der Waals surface area contributed by atoms with Crippen LogP contribution in [0.5, 0.6) is 0 Å². The zero-order valence-corrected chi connectivity index (χ0v) is 13.6. The second-order valence-corrected chi connectivity index (χ2v) is 6.18. The Balaban J connectivity index is 2.34. The van der Waals surface area contributed by atoms with E-state index in [-0.39, 0.29) is 17.6 Å². The highest BCUT2D eigenvalue weighted by molar-refractivity contribution is 6.06. The Kier molecular flexibility index (Phi) is 7.79. The second kappa shape index (κ2) is 9.34. The molecule has 1 fully saturated rings. The van der Waals surface area contributed by atoms with Gasteiger partial charge < -0.3 is 10.1 Å². The number of hydrogen-bond donors (Lipinski definition) is 1. The van der Waals surface area contributed by atoms with Crippen molar-refractivity contribution in [1.29, 1.82) is 10.7 Å². The maximum atomic E-state index is 12.0. The number of carbonyl (C=O) groups excluding carboxylic acids is 2. The lowest BCUT2D eigenvalue weighted by Gasteiger charge is -2.27. The predicted octanol–water partition coefficient (Wildman–Crippen LogP) is 3.27. The van der Waals surface area contributed by atoms with E-state index in [0.717, 1.165) is 25.7 Å². The van der Waals surface area contributed by atoms with Gasteiger partial charge in [0.2, 0.25) is 0 Å². The molecule has 1 atom stereocenters. The molecule has 122 valence electrons. The molecular formula is C17H26N2O3. The molecule has 1 aliphatic carbocycles. The summed E-state index contributed by atoms with van der Waals surface area (Å²) in [6.07, 6.45) is 7.43. The number of esters is 1. The normalized spacial score (nSPS) is 22.4. The molecule has 0 aliphatic heterocycles. The van der Waals surface area contributed by atoms with Crippen molar-refractivity contribution in [2.45, 2.75) is 58.8 Å². The van der Waals surface area contributed by atoms with Gasteiger partial charge >= 0.3 is 5.97 Å². The Bertz CT molecular complexity index is 445. The largest absolute Gasteiger partial charge is 0.457 e. The fourth-order valence-electron chi connectivity index (χ4n) is 2.93. The molecule has 5 nitrogen and oxygen atoms in total. The van der Waals surface area contributed by atoms with Crippen LogP contribution in [0.15, 0.2) is 0 Å². The van der Waals surface area contributed by atoms with Crippen LogP contribution in [0.3, 0.4) is 0 Å². The van der Waals surface area contributed by atoms with Gasteiger partial charge in [0.05, 0.1) is 12.0 Å². The summed E-state index contributed by atoms with van der Waals surface area (Å²) in [6, 6.07) is 1.76. The van der Waals surface area contributed by atoms with E-state index >= 15 is 0 Å². The average molecular weight is 306 g/mol. The van der Waals surface area contributed by atoms with Crippen LogP contribution in [0.2, 0.25) is 0 Å². The fourth-order valence-corrected chi connectivity index (χ4v) is 2.93. The van der Waals surface area contributed by atoms with Gasteiger partial charge in [0.15, 0.2) is 12.4 Å². The molecule has 22 heavy (non-hydrogen) atoms. The monoisotopic (exact) mass is 306 g/mol. The van der Waals surface area contributed by atoms with Crippen molar-refractivity contribution in [1.82, 2.24) is 0 Å². The van der Waals surface area contributed by atoms with Crippen molar-refractivity contribution in [2.75, 3.05) is 6.61 Å². The standard InChI is InChI=1S/C17H26N2O3/c1-3-4-5-13-6-8-14(9-7-13)17(21)22-11-16(20)15(10-18)12(2)19/h13-15,19H,3-9,11H2,1-2H3/t13?,14?,15-/m0/s1. The van der Waals surface area contributed by atoms with E-state index in [1.807, 2.05) is 0 Å². The van der Waals surface area contributed by atoms with Gasteiger partial charge in [-0.25, -0.2) is 0 Å². The van der Waals surface area contributed by atoms with Crippen LogP contribution in [0.25, 0.3) is 0 Å². The van der Waals surface area contributed by atoms with Crippen LogP contribution in [-0.2, 0) is 14.3 Å². The third kappa shape index (κ3) is 5.59. The molecule has 0 saturated heterocycles. The molecule has 5 heteroatoms. The molecule has 0 aromatic heterocycles. The number of carbonyl (C=O) groups is 2. The number of nitrogens with one attached hydrogen (secondary N) is 1. The Labute approximate surface area is 132 Å². The molecule has 0 unspecified atom stereocenters. The third-order valence-electron chi connectivity index (χ3n) is 4.39. The number of Topliss-reactive ketones (excluding diaryl/α,β-unsaturated/α-hetero) is 1. The lowest BCUT2D eigenvalue weighted by molar-refractivity contribution is -0.153. The number of nitriles is 1. The fraction of sp³-hybridized carbons (Fsp3) is 0.765. The van der Waals surface area contributed by atoms with E-state index in [1.54, 1.807) is 6.07 Å². The predicted molar refractivity (Wildman–Crippen MR) is 83.4 cm³/mol. The maximum absolute atomic E-state index is 12.0. The molecule has 0 aromatic carbocycles. The number of ether oxygens (including phenoxy) is 1. The van der Waals surface area contributed by atoms with Crippen LogP contribution >= 0.6 is 0 Å². The Morgan fingerprint density at radius 1 is 1.32 bits per heavy atom. The summed E-state index contributed by atoms with van der Waals surface area (Å²) < 4.78 is 5.06. The van der Waals surface area contributed by atoms with Gasteiger partial charge in [0, 0.05) is 5.71 Å². The number of hydrogen-bond acceptors (Lipinski definition) is 5. The highest BCUT2D eigenvalue weighted by atomic mass is 16.5. The van der Waals surface area contributed by atoms with Gasteiger partial charge in [0.25, 0.3) is 0 Å². The molecule has 1 N–H and O–H groups in total. The van der Waals surface area contributed by atoms with Gasteiger partial charge in [0.1, 0.15) is 5.92 Å². The molecule has 1 aliphatic rings. The summed E-state index contributed by atoms with van der Waals surface area (Å²) in [7, 11) is 0.